The van der Waals surface area contributed by atoms with Crippen LogP contribution in [0.15, 0.2) is 48.7 Å². The van der Waals surface area contributed by atoms with Crippen molar-refractivity contribution >= 4 is 28.9 Å². The SMILES string of the molecule is COC(=O)N[C@H](C(=O)N1CCC[C@H]1c1ncc(-c2ccc(C#Cc3ccc4nc([C@@H]5CCCN5C(=O)[C@H](C(C)C)N(C)C)[nH]c4c3)cc2)[nH]1)C(C)C. The molecule has 0 saturated carbocycles. The van der Waals surface area contributed by atoms with Crippen LogP contribution in [-0.2, 0) is 14.3 Å². The topological polar surface area (TPSA) is 140 Å². The molecule has 4 aromatic rings. The number of amides is 3. The molecule has 4 atom stereocenters. The molecular weight excluding hydrogens is 656 g/mol. The zero-order valence-corrected chi connectivity index (χ0v) is 31.2. The largest absolute Gasteiger partial charge is 0.453 e. The fourth-order valence-electron chi connectivity index (χ4n) is 7.57. The number of ether oxygens (including phenoxy) is 1. The number of likely N-dealkylation sites (N-methyl/N-ethyl adjacent to an activating group) is 1. The van der Waals surface area contributed by atoms with E-state index in [0.29, 0.717) is 6.54 Å². The van der Waals surface area contributed by atoms with Gasteiger partial charge in [0.15, 0.2) is 0 Å². The number of nitrogens with zero attached hydrogens (tertiary/aromatic N) is 5. The highest BCUT2D eigenvalue weighted by molar-refractivity contribution is 5.86. The summed E-state index contributed by atoms with van der Waals surface area (Å²) < 4.78 is 4.75. The lowest BCUT2D eigenvalue weighted by Crippen LogP contribution is -2.51. The van der Waals surface area contributed by atoms with Crippen LogP contribution in [0, 0.1) is 23.7 Å². The highest BCUT2D eigenvalue weighted by Crippen LogP contribution is 2.34. The first-order chi connectivity index (χ1) is 24.9. The molecule has 52 heavy (non-hydrogen) atoms. The molecule has 2 saturated heterocycles. The molecule has 2 aromatic carbocycles. The van der Waals surface area contributed by atoms with Crippen molar-refractivity contribution in [2.24, 2.45) is 11.8 Å². The third-order valence-electron chi connectivity index (χ3n) is 10.2. The normalized spacial score (nSPS) is 18.6. The molecule has 2 fully saturated rings. The number of aromatic nitrogens is 4. The van der Waals surface area contributed by atoms with Crippen LogP contribution in [0.4, 0.5) is 4.79 Å². The quantitative estimate of drug-likeness (QED) is 0.191. The highest BCUT2D eigenvalue weighted by Gasteiger charge is 2.39. The van der Waals surface area contributed by atoms with Crippen molar-refractivity contribution in [3.05, 3.63) is 71.4 Å². The smallest absolute Gasteiger partial charge is 0.407 e. The van der Waals surface area contributed by atoms with E-state index in [1.54, 1.807) is 6.20 Å². The molecule has 0 bridgehead atoms. The van der Waals surface area contributed by atoms with Crippen LogP contribution in [-0.4, -0.2) is 98.9 Å². The summed E-state index contributed by atoms with van der Waals surface area (Å²) in [5, 5.41) is 2.69. The summed E-state index contributed by atoms with van der Waals surface area (Å²) in [7, 11) is 5.23. The number of H-pyrrole nitrogens is 2. The van der Waals surface area contributed by atoms with Crippen molar-refractivity contribution in [3.63, 3.8) is 0 Å². The van der Waals surface area contributed by atoms with Crippen molar-refractivity contribution in [1.82, 2.24) is 40.0 Å². The maximum atomic E-state index is 13.6. The maximum Gasteiger partial charge on any atom is 0.407 e. The van der Waals surface area contributed by atoms with Crippen molar-refractivity contribution < 1.29 is 19.1 Å². The molecule has 6 rings (SSSR count). The van der Waals surface area contributed by atoms with Gasteiger partial charge in [-0.05, 0) is 87.5 Å². The van der Waals surface area contributed by atoms with Gasteiger partial charge in [0.25, 0.3) is 0 Å². The van der Waals surface area contributed by atoms with Gasteiger partial charge in [-0.1, -0.05) is 51.7 Å². The van der Waals surface area contributed by atoms with Gasteiger partial charge in [-0.25, -0.2) is 14.8 Å². The fraction of sp³-hybridized carbons (Fsp3) is 0.475. The first-order valence-electron chi connectivity index (χ1n) is 18.2. The van der Waals surface area contributed by atoms with Gasteiger partial charge in [0.05, 0.1) is 48.2 Å². The Balaban J connectivity index is 1.13. The molecule has 0 unspecified atom stereocenters. The van der Waals surface area contributed by atoms with E-state index in [2.05, 4.69) is 46.0 Å². The molecule has 3 N–H and O–H groups in total. The Morgan fingerprint density at radius 1 is 0.865 bits per heavy atom. The minimum atomic E-state index is -0.680. The first-order valence-corrected chi connectivity index (χ1v) is 18.2. The van der Waals surface area contributed by atoms with Gasteiger partial charge in [-0.3, -0.25) is 14.5 Å². The number of hydrogen-bond donors (Lipinski definition) is 3. The average molecular weight is 707 g/mol. The van der Waals surface area contributed by atoms with Gasteiger partial charge in [0.2, 0.25) is 11.8 Å². The number of rotatable bonds is 9. The van der Waals surface area contributed by atoms with E-state index in [-0.39, 0.29) is 41.8 Å². The van der Waals surface area contributed by atoms with Gasteiger partial charge in [0.1, 0.15) is 17.7 Å². The number of imidazole rings is 2. The molecule has 3 amide bonds. The van der Waals surface area contributed by atoms with Gasteiger partial charge < -0.3 is 29.8 Å². The number of carbonyl (C=O) groups is 3. The molecule has 2 aliphatic rings. The molecule has 2 aromatic heterocycles. The van der Waals surface area contributed by atoms with E-state index < -0.39 is 12.1 Å². The van der Waals surface area contributed by atoms with E-state index in [4.69, 9.17) is 9.72 Å². The Hall–Kier alpha value is -5.15. The van der Waals surface area contributed by atoms with Crippen molar-refractivity contribution in [1.29, 1.82) is 0 Å². The number of carbonyl (C=O) groups excluding carboxylic acids is 3. The lowest BCUT2D eigenvalue weighted by molar-refractivity contribution is -0.138. The van der Waals surface area contributed by atoms with E-state index >= 15 is 0 Å². The molecule has 12 heteroatoms. The van der Waals surface area contributed by atoms with Gasteiger partial charge in [-0.15, -0.1) is 0 Å². The monoisotopic (exact) mass is 706 g/mol. The summed E-state index contributed by atoms with van der Waals surface area (Å²) in [5.74, 6) is 8.25. The molecule has 0 radical (unpaired) electrons. The average Bonchev–Trinajstić information content (AvgIpc) is 3.94. The Bertz CT molecular complexity index is 1960. The summed E-state index contributed by atoms with van der Waals surface area (Å²) in [6.07, 6.45) is 4.66. The minimum Gasteiger partial charge on any atom is -0.453 e. The maximum absolute atomic E-state index is 13.6. The first kappa shape index (κ1) is 36.6. The molecule has 274 valence electrons. The predicted octanol–water partition coefficient (Wildman–Crippen LogP) is 5.65. The minimum absolute atomic E-state index is 0.0627. The Morgan fingerprint density at radius 2 is 1.50 bits per heavy atom. The van der Waals surface area contributed by atoms with Crippen LogP contribution >= 0.6 is 0 Å². The molecule has 0 spiro atoms. The van der Waals surface area contributed by atoms with Gasteiger partial charge in [-0.2, -0.15) is 0 Å². The van der Waals surface area contributed by atoms with Gasteiger partial charge in [0, 0.05) is 24.2 Å². The fourth-order valence-corrected chi connectivity index (χ4v) is 7.57. The van der Waals surface area contributed by atoms with Gasteiger partial charge >= 0.3 is 6.09 Å². The number of hydrogen-bond acceptors (Lipinski definition) is 7. The number of aromatic amines is 2. The lowest BCUT2D eigenvalue weighted by atomic mass is 10.0. The molecule has 2 aliphatic heterocycles. The van der Waals surface area contributed by atoms with Crippen molar-refractivity contribution in [2.45, 2.75) is 77.5 Å². The second-order valence-corrected chi connectivity index (χ2v) is 14.8. The van der Waals surface area contributed by atoms with Crippen LogP contribution < -0.4 is 5.32 Å². The van der Waals surface area contributed by atoms with Crippen LogP contribution in [0.2, 0.25) is 0 Å². The van der Waals surface area contributed by atoms with Crippen molar-refractivity contribution in [3.8, 4) is 23.1 Å². The summed E-state index contributed by atoms with van der Waals surface area (Å²) in [6, 6.07) is 12.8. The summed E-state index contributed by atoms with van der Waals surface area (Å²) in [5.41, 5.74) is 5.32. The molecule has 4 heterocycles. The number of alkyl carbamates (subject to hydrolysis) is 1. The van der Waals surface area contributed by atoms with E-state index in [9.17, 15) is 14.4 Å². The molecule has 12 nitrogen and oxygen atoms in total. The summed E-state index contributed by atoms with van der Waals surface area (Å²) in [6.45, 7) is 9.33. The molecular formula is C40H50N8O4. The number of methoxy groups -OCH3 is 1. The Labute approximate surface area is 305 Å². The zero-order valence-electron chi connectivity index (χ0n) is 31.2. The van der Waals surface area contributed by atoms with Crippen LogP contribution in [0.5, 0.6) is 0 Å². The second-order valence-electron chi connectivity index (χ2n) is 14.8. The summed E-state index contributed by atoms with van der Waals surface area (Å²) in [4.78, 5) is 61.2. The van der Waals surface area contributed by atoms with E-state index in [1.807, 2.05) is 85.1 Å². The lowest BCUT2D eigenvalue weighted by Gasteiger charge is -2.33. The third-order valence-corrected chi connectivity index (χ3v) is 10.2. The molecule has 0 aliphatic carbocycles. The third kappa shape index (κ3) is 7.70. The number of benzene rings is 2. The summed E-state index contributed by atoms with van der Waals surface area (Å²) >= 11 is 0. The zero-order chi connectivity index (χ0) is 37.1. The number of nitrogens with one attached hydrogen (secondary N) is 3. The second kappa shape index (κ2) is 15.6. The van der Waals surface area contributed by atoms with Crippen LogP contribution in [0.25, 0.3) is 22.3 Å². The Morgan fingerprint density at radius 3 is 2.13 bits per heavy atom. The van der Waals surface area contributed by atoms with Crippen LogP contribution in [0.3, 0.4) is 0 Å². The van der Waals surface area contributed by atoms with Crippen LogP contribution in [0.1, 0.15) is 88.2 Å². The number of fused-ring (bicyclic) bond motifs is 1. The highest BCUT2D eigenvalue weighted by atomic mass is 16.5. The van der Waals surface area contributed by atoms with E-state index in [1.165, 1.54) is 7.11 Å². The standard InChI is InChI=1S/C40H50N8O4/c1-24(2)34(45-40(51)52-7)38(49)47-20-8-10-32(47)36-41-23-31(44-36)28-17-14-26(15-18-28)12-13-27-16-19-29-30(22-27)43-37(42-29)33-11-9-21-48(33)39(50)35(25(3)4)46(5)6/h14-19,22-25,32-35H,8-11,20-21H2,1-7H3,(H,41,44)(H,42,43)(H,45,51)/t32-,33-,34-,35-/m0/s1. The predicted molar refractivity (Wildman–Crippen MR) is 200 cm³/mol. The van der Waals surface area contributed by atoms with Crippen molar-refractivity contribution in [2.75, 3.05) is 34.3 Å². The van der Waals surface area contributed by atoms with E-state index in [0.717, 1.165) is 77.3 Å². The number of likely N-dealkylation sites (tertiary alicyclic amines) is 2. The Kier molecular flexibility index (Phi) is 11.0.